The van der Waals surface area contributed by atoms with E-state index in [0.29, 0.717) is 30.0 Å². The number of hydrogen-bond donors (Lipinski definition) is 2. The first-order valence-corrected chi connectivity index (χ1v) is 7.98. The van der Waals surface area contributed by atoms with E-state index in [1.54, 1.807) is 23.1 Å². The second-order valence-electron chi connectivity index (χ2n) is 6.01. The summed E-state index contributed by atoms with van der Waals surface area (Å²) in [6.07, 6.45) is -2.53. The quantitative estimate of drug-likeness (QED) is 0.814. The molecule has 3 N–H and O–H groups in total. The van der Waals surface area contributed by atoms with E-state index < -0.39 is 11.7 Å². The third-order valence-electron chi connectivity index (χ3n) is 4.14. The van der Waals surface area contributed by atoms with Crippen LogP contribution in [0.4, 0.5) is 30.2 Å². The average molecular weight is 349 g/mol. The van der Waals surface area contributed by atoms with Gasteiger partial charge in [0.1, 0.15) is 0 Å². The molecule has 4 nitrogen and oxygen atoms in total. The molecular formula is C18H18F3N3O. The first-order chi connectivity index (χ1) is 11.8. The standard InChI is InChI=1S/C18H18F3N3O/c19-18(20,21)12-4-3-5-14(10-12)23-16-7-6-13(22)11-15(16)17(25)24-8-1-2-9-24/h3-7,10-11,23H,1-2,8-9,22H2. The van der Waals surface area contributed by atoms with Crippen LogP contribution in [-0.2, 0) is 6.18 Å². The van der Waals surface area contributed by atoms with Crippen LogP contribution < -0.4 is 11.1 Å². The van der Waals surface area contributed by atoms with Gasteiger partial charge in [0.15, 0.2) is 0 Å². The van der Waals surface area contributed by atoms with Crippen LogP contribution in [0.25, 0.3) is 0 Å². The summed E-state index contributed by atoms with van der Waals surface area (Å²) in [6, 6.07) is 9.64. The number of hydrogen-bond acceptors (Lipinski definition) is 3. The van der Waals surface area contributed by atoms with Crippen LogP contribution in [0.5, 0.6) is 0 Å². The maximum absolute atomic E-state index is 12.9. The van der Waals surface area contributed by atoms with Crippen molar-refractivity contribution in [2.45, 2.75) is 19.0 Å². The lowest BCUT2D eigenvalue weighted by Gasteiger charge is -2.19. The smallest absolute Gasteiger partial charge is 0.399 e. The Morgan fingerprint density at radius 2 is 1.80 bits per heavy atom. The lowest BCUT2D eigenvalue weighted by molar-refractivity contribution is -0.137. The van der Waals surface area contributed by atoms with E-state index in [2.05, 4.69) is 5.32 Å². The van der Waals surface area contributed by atoms with Gasteiger partial charge in [0, 0.05) is 24.5 Å². The minimum absolute atomic E-state index is 0.167. The number of carbonyl (C=O) groups excluding carboxylic acids is 1. The summed E-state index contributed by atoms with van der Waals surface area (Å²) in [5.41, 5.74) is 6.52. The number of nitrogens with one attached hydrogen (secondary N) is 1. The summed E-state index contributed by atoms with van der Waals surface area (Å²) in [5.74, 6) is -0.167. The van der Waals surface area contributed by atoms with E-state index in [-0.39, 0.29) is 11.6 Å². The van der Waals surface area contributed by atoms with E-state index in [1.165, 1.54) is 12.1 Å². The third kappa shape index (κ3) is 3.87. The fourth-order valence-corrected chi connectivity index (χ4v) is 2.87. The predicted octanol–water partition coefficient (Wildman–Crippen LogP) is 4.27. The average Bonchev–Trinajstić information content (AvgIpc) is 3.10. The number of anilines is 3. The molecule has 0 unspecified atom stereocenters. The molecule has 0 aliphatic carbocycles. The molecule has 1 amide bonds. The predicted molar refractivity (Wildman–Crippen MR) is 90.7 cm³/mol. The summed E-state index contributed by atoms with van der Waals surface area (Å²) in [6.45, 7) is 1.35. The SMILES string of the molecule is Nc1ccc(Nc2cccc(C(F)(F)F)c2)c(C(=O)N2CCCC2)c1. The van der Waals surface area contributed by atoms with Crippen molar-refractivity contribution < 1.29 is 18.0 Å². The van der Waals surface area contributed by atoms with Crippen molar-refractivity contribution in [1.29, 1.82) is 0 Å². The van der Waals surface area contributed by atoms with Gasteiger partial charge in [-0.15, -0.1) is 0 Å². The van der Waals surface area contributed by atoms with Crippen molar-refractivity contribution in [2.24, 2.45) is 0 Å². The summed E-state index contributed by atoms with van der Waals surface area (Å²) >= 11 is 0. The Bertz CT molecular complexity index is 783. The molecule has 0 atom stereocenters. The minimum Gasteiger partial charge on any atom is -0.399 e. The highest BCUT2D eigenvalue weighted by atomic mass is 19.4. The zero-order chi connectivity index (χ0) is 18.0. The topological polar surface area (TPSA) is 58.4 Å². The van der Waals surface area contributed by atoms with Gasteiger partial charge in [-0.1, -0.05) is 6.07 Å². The summed E-state index contributed by atoms with van der Waals surface area (Å²) < 4.78 is 38.6. The number of halogens is 3. The maximum atomic E-state index is 12.9. The van der Waals surface area contributed by atoms with Gasteiger partial charge in [-0.25, -0.2) is 0 Å². The highest BCUT2D eigenvalue weighted by molar-refractivity contribution is 6.01. The van der Waals surface area contributed by atoms with E-state index in [9.17, 15) is 18.0 Å². The molecule has 0 aromatic heterocycles. The molecule has 1 fully saturated rings. The number of nitrogens with zero attached hydrogens (tertiary/aromatic N) is 1. The zero-order valence-electron chi connectivity index (χ0n) is 13.4. The van der Waals surface area contributed by atoms with Crippen LogP contribution in [0.15, 0.2) is 42.5 Å². The van der Waals surface area contributed by atoms with Gasteiger partial charge in [0.2, 0.25) is 0 Å². The molecule has 1 heterocycles. The summed E-state index contributed by atoms with van der Waals surface area (Å²) in [4.78, 5) is 14.4. The lowest BCUT2D eigenvalue weighted by Crippen LogP contribution is -2.28. The van der Waals surface area contributed by atoms with Gasteiger partial charge in [-0.05, 0) is 49.2 Å². The van der Waals surface area contributed by atoms with Crippen LogP contribution in [0.2, 0.25) is 0 Å². The normalized spacial score (nSPS) is 14.6. The van der Waals surface area contributed by atoms with Crippen LogP contribution in [0.1, 0.15) is 28.8 Å². The molecule has 2 aromatic carbocycles. The van der Waals surface area contributed by atoms with E-state index in [4.69, 9.17) is 5.73 Å². The Hall–Kier alpha value is -2.70. The number of nitrogen functional groups attached to an aromatic ring is 1. The maximum Gasteiger partial charge on any atom is 0.416 e. The van der Waals surface area contributed by atoms with Crippen molar-refractivity contribution >= 4 is 23.0 Å². The number of carbonyl (C=O) groups is 1. The van der Waals surface area contributed by atoms with E-state index in [1.807, 2.05) is 0 Å². The molecule has 132 valence electrons. The molecule has 1 saturated heterocycles. The summed E-state index contributed by atoms with van der Waals surface area (Å²) in [7, 11) is 0. The zero-order valence-corrected chi connectivity index (χ0v) is 13.4. The van der Waals surface area contributed by atoms with Crippen molar-refractivity contribution in [3.8, 4) is 0 Å². The highest BCUT2D eigenvalue weighted by Gasteiger charge is 2.30. The molecule has 0 radical (unpaired) electrons. The monoisotopic (exact) mass is 349 g/mol. The number of amides is 1. The largest absolute Gasteiger partial charge is 0.416 e. The van der Waals surface area contributed by atoms with Crippen molar-refractivity contribution in [3.05, 3.63) is 53.6 Å². The Labute approximate surface area is 143 Å². The lowest BCUT2D eigenvalue weighted by atomic mass is 10.1. The van der Waals surface area contributed by atoms with Crippen LogP contribution in [-0.4, -0.2) is 23.9 Å². The number of rotatable bonds is 3. The first-order valence-electron chi connectivity index (χ1n) is 7.98. The van der Waals surface area contributed by atoms with Crippen LogP contribution in [0.3, 0.4) is 0 Å². The van der Waals surface area contributed by atoms with Gasteiger partial charge >= 0.3 is 6.18 Å². The minimum atomic E-state index is -4.42. The Morgan fingerprint density at radius 3 is 2.48 bits per heavy atom. The Morgan fingerprint density at radius 1 is 1.08 bits per heavy atom. The molecule has 1 aliphatic heterocycles. The number of nitrogens with two attached hydrogens (primary N) is 1. The first kappa shape index (κ1) is 17.1. The number of alkyl halides is 3. The van der Waals surface area contributed by atoms with Crippen molar-refractivity contribution in [1.82, 2.24) is 4.90 Å². The second-order valence-corrected chi connectivity index (χ2v) is 6.01. The molecule has 0 spiro atoms. The Kier molecular flexibility index (Phi) is 4.57. The van der Waals surface area contributed by atoms with Crippen LogP contribution in [0, 0.1) is 0 Å². The molecule has 0 bridgehead atoms. The Balaban J connectivity index is 1.91. The molecule has 0 saturated carbocycles. The molecule has 2 aromatic rings. The second kappa shape index (κ2) is 6.66. The molecular weight excluding hydrogens is 331 g/mol. The highest BCUT2D eigenvalue weighted by Crippen LogP contribution is 2.32. The number of likely N-dealkylation sites (tertiary alicyclic amines) is 1. The van der Waals surface area contributed by atoms with Gasteiger partial charge in [0.05, 0.1) is 16.8 Å². The molecule has 1 aliphatic rings. The van der Waals surface area contributed by atoms with Crippen molar-refractivity contribution in [2.75, 3.05) is 24.1 Å². The van der Waals surface area contributed by atoms with Gasteiger partial charge in [0.25, 0.3) is 5.91 Å². The van der Waals surface area contributed by atoms with Gasteiger partial charge in [-0.2, -0.15) is 13.2 Å². The molecule has 25 heavy (non-hydrogen) atoms. The third-order valence-corrected chi connectivity index (χ3v) is 4.14. The fraction of sp³-hybridized carbons (Fsp3) is 0.278. The van der Waals surface area contributed by atoms with Crippen molar-refractivity contribution in [3.63, 3.8) is 0 Å². The van der Waals surface area contributed by atoms with Gasteiger partial charge < -0.3 is 16.0 Å². The molecule has 7 heteroatoms. The fourth-order valence-electron chi connectivity index (χ4n) is 2.87. The number of benzene rings is 2. The molecule has 3 rings (SSSR count). The van der Waals surface area contributed by atoms with Crippen LogP contribution >= 0.6 is 0 Å². The van der Waals surface area contributed by atoms with E-state index >= 15 is 0 Å². The van der Waals surface area contributed by atoms with E-state index in [0.717, 1.165) is 25.0 Å². The van der Waals surface area contributed by atoms with Gasteiger partial charge in [-0.3, -0.25) is 4.79 Å². The summed E-state index contributed by atoms with van der Waals surface area (Å²) in [5, 5.41) is 2.91.